The van der Waals surface area contributed by atoms with Gasteiger partial charge >= 0.3 is 0 Å². The summed E-state index contributed by atoms with van der Waals surface area (Å²) in [5.41, 5.74) is 0. The van der Waals surface area contributed by atoms with E-state index in [1.54, 1.807) is 6.07 Å². The van der Waals surface area contributed by atoms with Crippen molar-refractivity contribution in [3.63, 3.8) is 0 Å². The van der Waals surface area contributed by atoms with Crippen LogP contribution in [0.4, 0.5) is 0 Å². The van der Waals surface area contributed by atoms with Gasteiger partial charge in [0, 0.05) is 11.4 Å². The number of nitrogens with one attached hydrogen (secondary N) is 1. The Labute approximate surface area is 121 Å². The molecule has 1 heterocycles. The number of ether oxygens (including phenoxy) is 2. The van der Waals surface area contributed by atoms with Gasteiger partial charge in [-0.15, -0.1) is 0 Å². The number of halogens is 1. The van der Waals surface area contributed by atoms with Crippen molar-refractivity contribution in [1.29, 1.82) is 0 Å². The van der Waals surface area contributed by atoms with Crippen molar-refractivity contribution in [3.8, 4) is 11.5 Å². The van der Waals surface area contributed by atoms with Crippen molar-refractivity contribution in [2.24, 2.45) is 0 Å². The SMILES string of the molecule is CCCC(Br)CNC(=O)C1COc2ccccc2O1. The van der Waals surface area contributed by atoms with Crippen LogP contribution >= 0.6 is 15.9 Å². The molecule has 5 heteroatoms. The molecule has 0 saturated heterocycles. The van der Waals surface area contributed by atoms with Crippen LogP contribution in [-0.4, -0.2) is 30.0 Å². The molecular formula is C14H18BrNO3. The molecule has 1 aromatic rings. The van der Waals surface area contributed by atoms with E-state index in [0.717, 1.165) is 12.8 Å². The lowest BCUT2D eigenvalue weighted by molar-refractivity contribution is -0.130. The summed E-state index contributed by atoms with van der Waals surface area (Å²) in [5, 5.41) is 2.88. The number of carbonyl (C=O) groups is 1. The highest BCUT2D eigenvalue weighted by Gasteiger charge is 2.27. The highest BCUT2D eigenvalue weighted by atomic mass is 79.9. The zero-order valence-electron chi connectivity index (χ0n) is 10.9. The maximum Gasteiger partial charge on any atom is 0.264 e. The van der Waals surface area contributed by atoms with E-state index in [4.69, 9.17) is 9.47 Å². The summed E-state index contributed by atoms with van der Waals surface area (Å²) in [7, 11) is 0. The van der Waals surface area contributed by atoms with Gasteiger partial charge in [-0.1, -0.05) is 41.4 Å². The van der Waals surface area contributed by atoms with Crippen molar-refractivity contribution in [3.05, 3.63) is 24.3 Å². The summed E-state index contributed by atoms with van der Waals surface area (Å²) < 4.78 is 11.1. The zero-order valence-corrected chi connectivity index (χ0v) is 12.5. The van der Waals surface area contributed by atoms with E-state index in [2.05, 4.69) is 28.2 Å². The van der Waals surface area contributed by atoms with Crippen LogP contribution < -0.4 is 14.8 Å². The van der Waals surface area contributed by atoms with Gasteiger partial charge in [0.15, 0.2) is 11.5 Å². The van der Waals surface area contributed by atoms with Crippen molar-refractivity contribution < 1.29 is 14.3 Å². The standard InChI is InChI=1S/C14H18BrNO3/c1-2-5-10(15)8-16-14(17)13-9-18-11-6-3-4-7-12(11)19-13/h3-4,6-7,10,13H,2,5,8-9H2,1H3,(H,16,17). The maximum absolute atomic E-state index is 12.0. The minimum Gasteiger partial charge on any atom is -0.485 e. The van der Waals surface area contributed by atoms with Crippen LogP contribution in [0.25, 0.3) is 0 Å². The molecule has 19 heavy (non-hydrogen) atoms. The van der Waals surface area contributed by atoms with Gasteiger partial charge in [0.2, 0.25) is 6.10 Å². The quantitative estimate of drug-likeness (QED) is 0.845. The Morgan fingerprint density at radius 2 is 2.21 bits per heavy atom. The molecule has 1 amide bonds. The predicted octanol–water partition coefficient (Wildman–Crippen LogP) is 2.51. The molecule has 0 radical (unpaired) electrons. The molecular weight excluding hydrogens is 310 g/mol. The minimum atomic E-state index is -0.573. The van der Waals surface area contributed by atoms with E-state index < -0.39 is 6.10 Å². The molecule has 0 aromatic heterocycles. The Morgan fingerprint density at radius 1 is 1.47 bits per heavy atom. The van der Waals surface area contributed by atoms with Crippen molar-refractivity contribution in [2.75, 3.05) is 13.2 Å². The number of carbonyl (C=O) groups excluding carboxylic acids is 1. The molecule has 2 rings (SSSR count). The molecule has 0 fully saturated rings. The third-order valence-electron chi connectivity index (χ3n) is 2.90. The first kappa shape index (κ1) is 14.2. The summed E-state index contributed by atoms with van der Waals surface area (Å²) >= 11 is 3.53. The predicted molar refractivity (Wildman–Crippen MR) is 77.0 cm³/mol. The van der Waals surface area contributed by atoms with Gasteiger partial charge in [0.25, 0.3) is 5.91 Å². The van der Waals surface area contributed by atoms with Gasteiger partial charge in [0.05, 0.1) is 0 Å². The highest BCUT2D eigenvalue weighted by molar-refractivity contribution is 9.09. The number of rotatable bonds is 5. The number of para-hydroxylation sites is 2. The van der Waals surface area contributed by atoms with Crippen LogP contribution in [0.3, 0.4) is 0 Å². The molecule has 0 spiro atoms. The fourth-order valence-electron chi connectivity index (χ4n) is 1.89. The number of amides is 1. The number of fused-ring (bicyclic) bond motifs is 1. The number of benzene rings is 1. The molecule has 1 N–H and O–H groups in total. The van der Waals surface area contributed by atoms with Crippen molar-refractivity contribution >= 4 is 21.8 Å². The lowest BCUT2D eigenvalue weighted by Crippen LogP contribution is -2.45. The number of alkyl halides is 1. The largest absolute Gasteiger partial charge is 0.485 e. The second kappa shape index (κ2) is 6.80. The van der Waals surface area contributed by atoms with Crippen LogP contribution in [0.1, 0.15) is 19.8 Å². The van der Waals surface area contributed by atoms with Gasteiger partial charge in [-0.3, -0.25) is 4.79 Å². The first-order chi connectivity index (χ1) is 9.20. The van der Waals surface area contributed by atoms with E-state index in [1.807, 2.05) is 18.2 Å². The Balaban J connectivity index is 1.85. The summed E-state index contributed by atoms with van der Waals surface area (Å²) in [6.07, 6.45) is 1.55. The molecule has 2 unspecified atom stereocenters. The van der Waals surface area contributed by atoms with E-state index >= 15 is 0 Å². The first-order valence-corrected chi connectivity index (χ1v) is 7.42. The van der Waals surface area contributed by atoms with Gasteiger partial charge < -0.3 is 14.8 Å². The smallest absolute Gasteiger partial charge is 0.264 e. The molecule has 0 aliphatic carbocycles. The fraction of sp³-hybridized carbons (Fsp3) is 0.500. The molecule has 1 aromatic carbocycles. The third kappa shape index (κ3) is 3.86. The van der Waals surface area contributed by atoms with E-state index in [0.29, 0.717) is 22.9 Å². The van der Waals surface area contributed by atoms with Gasteiger partial charge in [-0.25, -0.2) is 0 Å². The number of hydrogen-bond acceptors (Lipinski definition) is 3. The minimum absolute atomic E-state index is 0.130. The molecule has 0 saturated carbocycles. The molecule has 4 nitrogen and oxygen atoms in total. The average Bonchev–Trinajstić information content (AvgIpc) is 2.44. The van der Waals surface area contributed by atoms with Crippen LogP contribution in [0.5, 0.6) is 11.5 Å². The fourth-order valence-corrected chi connectivity index (χ4v) is 2.51. The van der Waals surface area contributed by atoms with Gasteiger partial charge in [-0.2, -0.15) is 0 Å². The van der Waals surface area contributed by atoms with E-state index in [9.17, 15) is 4.79 Å². The zero-order chi connectivity index (χ0) is 13.7. The first-order valence-electron chi connectivity index (χ1n) is 6.51. The van der Waals surface area contributed by atoms with Crippen LogP contribution in [0, 0.1) is 0 Å². The second-order valence-corrected chi connectivity index (χ2v) is 5.79. The number of hydrogen-bond donors (Lipinski definition) is 1. The van der Waals surface area contributed by atoms with Gasteiger partial charge in [0.1, 0.15) is 6.61 Å². The van der Waals surface area contributed by atoms with E-state index in [-0.39, 0.29) is 12.5 Å². The summed E-state index contributed by atoms with van der Waals surface area (Å²) in [5.74, 6) is 1.18. The molecule has 2 atom stereocenters. The van der Waals surface area contributed by atoms with Crippen LogP contribution in [-0.2, 0) is 4.79 Å². The summed E-state index contributed by atoms with van der Waals surface area (Å²) in [6.45, 7) is 2.98. The Morgan fingerprint density at radius 3 is 2.95 bits per heavy atom. The average molecular weight is 328 g/mol. The topological polar surface area (TPSA) is 47.6 Å². The van der Waals surface area contributed by atoms with Crippen LogP contribution in [0.15, 0.2) is 24.3 Å². The van der Waals surface area contributed by atoms with Crippen molar-refractivity contribution in [1.82, 2.24) is 5.32 Å². The molecule has 0 bridgehead atoms. The highest BCUT2D eigenvalue weighted by Crippen LogP contribution is 2.30. The molecule has 1 aliphatic heterocycles. The second-order valence-electron chi connectivity index (χ2n) is 4.50. The lowest BCUT2D eigenvalue weighted by Gasteiger charge is -2.25. The van der Waals surface area contributed by atoms with Gasteiger partial charge in [-0.05, 0) is 18.6 Å². The Kier molecular flexibility index (Phi) is 5.07. The summed E-state index contributed by atoms with van der Waals surface area (Å²) in [6, 6.07) is 7.37. The maximum atomic E-state index is 12.0. The molecule has 104 valence electrons. The van der Waals surface area contributed by atoms with E-state index in [1.165, 1.54) is 0 Å². The van der Waals surface area contributed by atoms with Crippen molar-refractivity contribution in [2.45, 2.75) is 30.7 Å². The third-order valence-corrected chi connectivity index (χ3v) is 3.68. The normalized spacial score (nSPS) is 18.7. The van der Waals surface area contributed by atoms with Crippen LogP contribution in [0.2, 0.25) is 0 Å². The Bertz CT molecular complexity index is 438. The lowest BCUT2D eigenvalue weighted by atomic mass is 10.2. The molecule has 1 aliphatic rings. The monoisotopic (exact) mass is 327 g/mol. The Hall–Kier alpha value is -1.23. The summed E-state index contributed by atoms with van der Waals surface area (Å²) in [4.78, 5) is 12.3.